The van der Waals surface area contributed by atoms with E-state index in [2.05, 4.69) is 15.8 Å². The first-order chi connectivity index (χ1) is 14.6. The van der Waals surface area contributed by atoms with Crippen molar-refractivity contribution in [1.29, 1.82) is 0 Å². The minimum atomic E-state index is -0.798. The van der Waals surface area contributed by atoms with Crippen molar-refractivity contribution in [2.75, 3.05) is 5.32 Å². The van der Waals surface area contributed by atoms with Gasteiger partial charge in [0.05, 0.1) is 28.8 Å². The maximum Gasteiger partial charge on any atom is 0.279 e. The molecule has 0 aliphatic rings. The highest BCUT2D eigenvalue weighted by Gasteiger charge is 2.21. The number of amides is 2. The Kier molecular flexibility index (Phi) is 7.75. The van der Waals surface area contributed by atoms with Gasteiger partial charge in [0, 0.05) is 28.1 Å². The molecule has 2 aromatic carbocycles. The molecule has 0 heterocycles. The molecular weight excluding hydrogens is 430 g/mol. The van der Waals surface area contributed by atoms with Crippen LogP contribution in [0.3, 0.4) is 0 Å². The molecule has 0 saturated carbocycles. The summed E-state index contributed by atoms with van der Waals surface area (Å²) < 4.78 is 0. The molecule has 0 radical (unpaired) electrons. The zero-order valence-electron chi connectivity index (χ0n) is 16.5. The molecule has 2 N–H and O–H groups in total. The summed E-state index contributed by atoms with van der Waals surface area (Å²) in [6.07, 6.45) is -0.513. The molecule has 11 nitrogen and oxygen atoms in total. The third kappa shape index (κ3) is 6.85. The van der Waals surface area contributed by atoms with E-state index in [9.17, 15) is 29.8 Å². The number of anilines is 1. The highest BCUT2D eigenvalue weighted by Crippen LogP contribution is 2.25. The molecule has 162 valence electrons. The minimum absolute atomic E-state index is 0.00286. The Morgan fingerprint density at radius 2 is 1.77 bits per heavy atom. The standard InChI is InChI=1S/C19H18ClN5O6/c1-11-7-14(20)4-6-16(11)21-18(26)8-12(2)22-23-19(27)9-13-3-5-15(24(28)29)10-17(13)25(30)31/h3-7,10H,8-9H2,1-2H3,(H,21,26)(H,23,27). The van der Waals surface area contributed by atoms with Crippen LogP contribution in [0.4, 0.5) is 17.1 Å². The number of benzene rings is 2. The van der Waals surface area contributed by atoms with Crippen LogP contribution in [0.25, 0.3) is 0 Å². The van der Waals surface area contributed by atoms with E-state index in [1.54, 1.807) is 25.1 Å². The van der Waals surface area contributed by atoms with Crippen LogP contribution in [0.15, 0.2) is 41.5 Å². The summed E-state index contributed by atoms with van der Waals surface area (Å²) in [6.45, 7) is 3.32. The molecule has 0 atom stereocenters. The molecule has 0 aliphatic carbocycles. The third-order valence-electron chi connectivity index (χ3n) is 4.08. The van der Waals surface area contributed by atoms with Gasteiger partial charge in [-0.15, -0.1) is 0 Å². The van der Waals surface area contributed by atoms with Gasteiger partial charge in [0.15, 0.2) is 0 Å². The molecular formula is C19H18ClN5O6. The fourth-order valence-electron chi connectivity index (χ4n) is 2.59. The number of hydrazone groups is 1. The first-order valence-corrected chi connectivity index (χ1v) is 9.24. The number of halogens is 1. The van der Waals surface area contributed by atoms with Crippen molar-refractivity contribution in [2.45, 2.75) is 26.7 Å². The zero-order chi connectivity index (χ0) is 23.1. The maximum atomic E-state index is 12.1. The number of nitrogens with one attached hydrogen (secondary N) is 2. The van der Waals surface area contributed by atoms with E-state index in [-0.39, 0.29) is 17.9 Å². The molecule has 0 bridgehead atoms. The van der Waals surface area contributed by atoms with Gasteiger partial charge >= 0.3 is 0 Å². The molecule has 0 spiro atoms. The summed E-state index contributed by atoms with van der Waals surface area (Å²) in [7, 11) is 0. The van der Waals surface area contributed by atoms with E-state index < -0.39 is 33.5 Å². The van der Waals surface area contributed by atoms with Crippen molar-refractivity contribution in [3.8, 4) is 0 Å². The Hall–Kier alpha value is -3.86. The zero-order valence-corrected chi connectivity index (χ0v) is 17.3. The summed E-state index contributed by atoms with van der Waals surface area (Å²) in [5.41, 5.74) is 2.90. The van der Waals surface area contributed by atoms with E-state index in [1.807, 2.05) is 0 Å². The number of carbonyl (C=O) groups excluding carboxylic acids is 2. The molecule has 12 heteroatoms. The predicted octanol–water partition coefficient (Wildman–Crippen LogP) is 3.53. The second-order valence-electron chi connectivity index (χ2n) is 6.57. The van der Waals surface area contributed by atoms with Crippen molar-refractivity contribution >= 4 is 46.2 Å². The Morgan fingerprint density at radius 1 is 1.06 bits per heavy atom. The lowest BCUT2D eigenvalue weighted by Crippen LogP contribution is -2.23. The van der Waals surface area contributed by atoms with Crippen LogP contribution in [0.1, 0.15) is 24.5 Å². The van der Waals surface area contributed by atoms with Crippen LogP contribution in [-0.4, -0.2) is 27.4 Å². The Bertz CT molecular complexity index is 1090. The number of hydrogen-bond acceptors (Lipinski definition) is 7. The molecule has 2 aromatic rings. The van der Waals surface area contributed by atoms with Gasteiger partial charge in [-0.1, -0.05) is 11.6 Å². The lowest BCUT2D eigenvalue weighted by molar-refractivity contribution is -0.394. The summed E-state index contributed by atoms with van der Waals surface area (Å²) in [5.74, 6) is -1.03. The van der Waals surface area contributed by atoms with Crippen molar-refractivity contribution in [2.24, 2.45) is 5.10 Å². The fourth-order valence-corrected chi connectivity index (χ4v) is 2.82. The predicted molar refractivity (Wildman–Crippen MR) is 114 cm³/mol. The Labute approximate surface area is 181 Å². The van der Waals surface area contributed by atoms with Gasteiger partial charge in [-0.2, -0.15) is 5.10 Å². The SMILES string of the molecule is CC(CC(=O)Nc1ccc(Cl)cc1C)=NNC(=O)Cc1ccc([N+](=O)[O-])cc1[N+](=O)[O-]. The molecule has 2 amide bonds. The summed E-state index contributed by atoms with van der Waals surface area (Å²) >= 11 is 5.88. The highest BCUT2D eigenvalue weighted by molar-refractivity contribution is 6.30. The Morgan fingerprint density at radius 3 is 2.39 bits per heavy atom. The number of nitro benzene ring substituents is 2. The topological polar surface area (TPSA) is 157 Å². The number of aryl methyl sites for hydroxylation is 1. The van der Waals surface area contributed by atoms with Gasteiger partial charge in [-0.25, -0.2) is 5.43 Å². The maximum absolute atomic E-state index is 12.1. The number of hydrogen-bond donors (Lipinski definition) is 2. The quantitative estimate of drug-likeness (QED) is 0.358. The monoisotopic (exact) mass is 447 g/mol. The first kappa shape index (κ1) is 23.4. The second kappa shape index (κ2) is 10.3. The second-order valence-corrected chi connectivity index (χ2v) is 7.01. The van der Waals surface area contributed by atoms with Gasteiger partial charge in [0.2, 0.25) is 11.8 Å². The van der Waals surface area contributed by atoms with E-state index in [0.29, 0.717) is 16.4 Å². The van der Waals surface area contributed by atoms with Gasteiger partial charge in [-0.3, -0.25) is 29.8 Å². The molecule has 0 fully saturated rings. The molecule has 0 aromatic heterocycles. The van der Waals surface area contributed by atoms with Crippen molar-refractivity contribution < 1.29 is 19.4 Å². The lowest BCUT2D eigenvalue weighted by atomic mass is 10.1. The normalized spacial score (nSPS) is 11.0. The molecule has 0 saturated heterocycles. The molecule has 31 heavy (non-hydrogen) atoms. The van der Waals surface area contributed by atoms with Crippen LogP contribution in [0.5, 0.6) is 0 Å². The molecule has 0 aliphatic heterocycles. The minimum Gasteiger partial charge on any atom is -0.326 e. The van der Waals surface area contributed by atoms with Gasteiger partial charge in [-0.05, 0) is 43.7 Å². The summed E-state index contributed by atoms with van der Waals surface area (Å²) in [5, 5.41) is 29.0. The summed E-state index contributed by atoms with van der Waals surface area (Å²) in [6, 6.07) is 8.03. The number of nitro groups is 2. The van der Waals surface area contributed by atoms with Gasteiger partial charge < -0.3 is 5.32 Å². The van der Waals surface area contributed by atoms with Crippen molar-refractivity contribution in [3.63, 3.8) is 0 Å². The van der Waals surface area contributed by atoms with Crippen LogP contribution in [0.2, 0.25) is 5.02 Å². The van der Waals surface area contributed by atoms with E-state index in [1.165, 1.54) is 6.92 Å². The lowest BCUT2D eigenvalue weighted by Gasteiger charge is -2.09. The van der Waals surface area contributed by atoms with Gasteiger partial charge in [0.1, 0.15) is 0 Å². The van der Waals surface area contributed by atoms with E-state index >= 15 is 0 Å². The average Bonchev–Trinajstić information content (AvgIpc) is 2.68. The summed E-state index contributed by atoms with van der Waals surface area (Å²) in [4.78, 5) is 44.6. The molecule has 0 unspecified atom stereocenters. The van der Waals surface area contributed by atoms with Crippen LogP contribution >= 0.6 is 11.6 Å². The van der Waals surface area contributed by atoms with Crippen LogP contribution < -0.4 is 10.7 Å². The Balaban J connectivity index is 1.97. The first-order valence-electron chi connectivity index (χ1n) is 8.86. The van der Waals surface area contributed by atoms with E-state index in [4.69, 9.17) is 11.6 Å². The number of carbonyl (C=O) groups is 2. The largest absolute Gasteiger partial charge is 0.326 e. The average molecular weight is 448 g/mol. The smallest absolute Gasteiger partial charge is 0.279 e. The fraction of sp³-hybridized carbons (Fsp3) is 0.211. The number of nitrogens with zero attached hydrogens (tertiary/aromatic N) is 3. The van der Waals surface area contributed by atoms with Gasteiger partial charge in [0.25, 0.3) is 11.4 Å². The number of rotatable bonds is 8. The molecule has 2 rings (SSSR count). The van der Waals surface area contributed by atoms with Crippen molar-refractivity contribution in [3.05, 3.63) is 72.8 Å². The highest BCUT2D eigenvalue weighted by atomic mass is 35.5. The van der Waals surface area contributed by atoms with Crippen molar-refractivity contribution in [1.82, 2.24) is 5.43 Å². The third-order valence-corrected chi connectivity index (χ3v) is 4.31. The number of non-ortho nitro benzene ring substituents is 1. The van der Waals surface area contributed by atoms with E-state index in [0.717, 1.165) is 23.8 Å². The van der Waals surface area contributed by atoms with Crippen LogP contribution in [0, 0.1) is 27.2 Å². The van der Waals surface area contributed by atoms with Crippen LogP contribution in [-0.2, 0) is 16.0 Å².